The Morgan fingerprint density at radius 3 is 2.62 bits per heavy atom. The Kier molecular flexibility index (Phi) is 9.31. The van der Waals surface area contributed by atoms with Gasteiger partial charge in [-0.2, -0.15) is 0 Å². The van der Waals surface area contributed by atoms with Crippen LogP contribution in [-0.4, -0.2) is 84.1 Å². The van der Waals surface area contributed by atoms with Crippen LogP contribution < -0.4 is 22.5 Å². The number of para-hydroxylation sites is 1. The highest BCUT2D eigenvalue weighted by Gasteiger charge is 2.55. The highest BCUT2D eigenvalue weighted by Crippen LogP contribution is 2.40. The minimum atomic E-state index is -0.784. The fraction of sp³-hybridized carbons (Fsp3) is 0.593. The van der Waals surface area contributed by atoms with E-state index in [-0.39, 0.29) is 42.6 Å². The van der Waals surface area contributed by atoms with Gasteiger partial charge in [-0.05, 0) is 51.2 Å². The third-order valence-electron chi connectivity index (χ3n) is 7.15. The Bertz CT molecular complexity index is 1160. The zero-order chi connectivity index (χ0) is 28.0. The molecule has 0 spiro atoms. The summed E-state index contributed by atoms with van der Waals surface area (Å²) in [6, 6.07) is 8.12. The maximum Gasteiger partial charge on any atom is 0.222 e. The highest BCUT2D eigenvalue weighted by molar-refractivity contribution is 5.83. The third kappa shape index (κ3) is 7.61. The lowest BCUT2D eigenvalue weighted by molar-refractivity contribution is -0.188. The Morgan fingerprint density at radius 1 is 1.13 bits per heavy atom. The van der Waals surface area contributed by atoms with Crippen molar-refractivity contribution in [3.05, 3.63) is 36.0 Å². The van der Waals surface area contributed by atoms with E-state index in [1.165, 1.54) is 5.39 Å². The molecule has 12 heteroatoms. The number of amides is 1. The van der Waals surface area contributed by atoms with Crippen molar-refractivity contribution in [1.29, 1.82) is 5.41 Å². The Hall–Kier alpha value is -3.35. The van der Waals surface area contributed by atoms with E-state index in [1.54, 1.807) is 4.90 Å². The van der Waals surface area contributed by atoms with Crippen molar-refractivity contribution >= 4 is 28.7 Å². The number of guanidine groups is 2. The number of aromatic nitrogens is 1. The fourth-order valence-electron chi connectivity index (χ4n) is 5.34. The molecule has 4 rings (SSSR count). The summed E-state index contributed by atoms with van der Waals surface area (Å²) < 4.78 is 18.6. The van der Waals surface area contributed by atoms with Crippen molar-refractivity contribution in [2.75, 3.05) is 26.2 Å². The van der Waals surface area contributed by atoms with Crippen molar-refractivity contribution in [1.82, 2.24) is 15.2 Å². The van der Waals surface area contributed by atoms with Gasteiger partial charge in [0.25, 0.3) is 0 Å². The molecule has 0 saturated carbocycles. The molecule has 1 aromatic carbocycles. The standard InChI is InChI=1S/C27H42N8O4/c1-27(2)38-23-20(14-22(36)32-12-10-17-15-34-19-9-5-4-8-18(17)19)37-21(24(23)39-27)16-35(26(30)31)13-7-3-6-11-33-25(28)29/h4-5,8-9,15,20-21,23-24,34H,3,6-7,10-14,16H2,1-2H3,(H3,30,31)(H,32,36)(H4,28,29,33)/t20-,21+,23+,24-/m1/s1. The number of hydrogen-bond acceptors (Lipinski definition) is 6. The third-order valence-corrected chi connectivity index (χ3v) is 7.15. The van der Waals surface area contributed by atoms with Crippen LogP contribution in [0.2, 0.25) is 0 Å². The molecule has 3 heterocycles. The van der Waals surface area contributed by atoms with E-state index < -0.39 is 11.9 Å². The van der Waals surface area contributed by atoms with Crippen LogP contribution in [0.1, 0.15) is 45.1 Å². The first-order chi connectivity index (χ1) is 18.6. The second kappa shape index (κ2) is 12.7. The first kappa shape index (κ1) is 28.7. The van der Waals surface area contributed by atoms with E-state index in [2.05, 4.69) is 21.4 Å². The summed E-state index contributed by atoms with van der Waals surface area (Å²) in [5, 5.41) is 12.2. The van der Waals surface area contributed by atoms with Gasteiger partial charge in [0.05, 0.1) is 12.5 Å². The second-order valence-electron chi connectivity index (χ2n) is 10.6. The zero-order valence-electron chi connectivity index (χ0n) is 22.8. The monoisotopic (exact) mass is 542 g/mol. The number of aliphatic imine (C=N–C) groups is 1. The van der Waals surface area contributed by atoms with Crippen molar-refractivity contribution in [2.45, 2.75) is 76.2 Å². The number of ether oxygens (including phenoxy) is 3. The predicted molar refractivity (Wildman–Crippen MR) is 150 cm³/mol. The summed E-state index contributed by atoms with van der Waals surface area (Å²) in [7, 11) is 0. The van der Waals surface area contributed by atoms with Crippen LogP contribution in [0.3, 0.4) is 0 Å². The van der Waals surface area contributed by atoms with Gasteiger partial charge < -0.3 is 46.6 Å². The number of carbonyl (C=O) groups is 1. The van der Waals surface area contributed by atoms with E-state index in [0.29, 0.717) is 26.2 Å². The molecule has 2 aliphatic heterocycles. The summed E-state index contributed by atoms with van der Waals surface area (Å²) in [5.41, 5.74) is 18.9. The average molecular weight is 543 g/mol. The number of benzene rings is 1. The number of hydrogen-bond donors (Lipinski definition) is 6. The summed E-state index contributed by atoms with van der Waals surface area (Å²) in [4.78, 5) is 21.9. The molecule has 4 atom stereocenters. The molecule has 12 nitrogen and oxygen atoms in total. The zero-order valence-corrected chi connectivity index (χ0v) is 22.8. The quantitative estimate of drug-likeness (QED) is 0.123. The first-order valence-electron chi connectivity index (χ1n) is 13.6. The van der Waals surface area contributed by atoms with E-state index in [9.17, 15) is 4.79 Å². The molecule has 0 bridgehead atoms. The lowest BCUT2D eigenvalue weighted by Gasteiger charge is -2.29. The number of nitrogens with two attached hydrogens (primary N) is 3. The molecule has 2 fully saturated rings. The van der Waals surface area contributed by atoms with Crippen molar-refractivity contribution in [3.8, 4) is 0 Å². The van der Waals surface area contributed by atoms with Gasteiger partial charge in [-0.1, -0.05) is 18.2 Å². The number of unbranched alkanes of at least 4 members (excludes halogenated alkanes) is 2. The fourth-order valence-corrected chi connectivity index (χ4v) is 5.34. The van der Waals surface area contributed by atoms with E-state index >= 15 is 0 Å². The SMILES string of the molecule is CC1(C)O[C@@H]2[C@H](O1)[C@H](CN(CCCCCN=C(N)N)C(=N)N)O[C@@H]2CC(=O)NCCc1c[nH]c2ccccc12. The number of nitrogens with zero attached hydrogens (tertiary/aromatic N) is 2. The molecule has 2 aliphatic rings. The van der Waals surface area contributed by atoms with Crippen LogP contribution >= 0.6 is 0 Å². The van der Waals surface area contributed by atoms with Gasteiger partial charge in [0, 0.05) is 43.3 Å². The average Bonchev–Trinajstić information content (AvgIpc) is 3.52. The number of aromatic amines is 1. The van der Waals surface area contributed by atoms with Gasteiger partial charge in [-0.3, -0.25) is 15.2 Å². The number of nitrogens with one attached hydrogen (secondary N) is 3. The topological polar surface area (TPSA) is 190 Å². The van der Waals surface area contributed by atoms with Crippen LogP contribution in [0, 0.1) is 5.41 Å². The Balaban J connectivity index is 1.29. The van der Waals surface area contributed by atoms with Crippen LogP contribution in [0.15, 0.2) is 35.5 Å². The smallest absolute Gasteiger partial charge is 0.222 e. The molecule has 0 unspecified atom stereocenters. The van der Waals surface area contributed by atoms with E-state index in [0.717, 1.165) is 36.8 Å². The second-order valence-corrected chi connectivity index (χ2v) is 10.6. The largest absolute Gasteiger partial charge is 0.370 e. The summed E-state index contributed by atoms with van der Waals surface area (Å²) >= 11 is 0. The molecule has 2 aromatic rings. The number of carbonyl (C=O) groups excluding carboxylic acids is 1. The van der Waals surface area contributed by atoms with E-state index in [1.807, 2.05) is 38.2 Å². The van der Waals surface area contributed by atoms with Crippen LogP contribution in [0.4, 0.5) is 0 Å². The van der Waals surface area contributed by atoms with Gasteiger partial charge in [0.2, 0.25) is 5.91 Å². The molecular weight excluding hydrogens is 500 g/mol. The molecule has 1 aromatic heterocycles. The lowest BCUT2D eigenvalue weighted by atomic mass is 10.0. The van der Waals surface area contributed by atoms with Gasteiger partial charge in [-0.15, -0.1) is 0 Å². The van der Waals surface area contributed by atoms with Crippen molar-refractivity contribution in [2.24, 2.45) is 22.2 Å². The Morgan fingerprint density at radius 2 is 1.87 bits per heavy atom. The minimum Gasteiger partial charge on any atom is -0.370 e. The first-order valence-corrected chi connectivity index (χ1v) is 13.6. The highest BCUT2D eigenvalue weighted by atomic mass is 16.8. The van der Waals surface area contributed by atoms with Crippen molar-refractivity contribution in [3.63, 3.8) is 0 Å². The normalized spacial score (nSPS) is 23.4. The number of H-pyrrole nitrogens is 1. The molecule has 2 saturated heterocycles. The van der Waals surface area contributed by atoms with Crippen LogP contribution in [0.25, 0.3) is 10.9 Å². The van der Waals surface area contributed by atoms with Gasteiger partial charge >= 0.3 is 0 Å². The van der Waals surface area contributed by atoms with E-state index in [4.69, 9.17) is 36.8 Å². The number of rotatable bonds is 13. The summed E-state index contributed by atoms with van der Waals surface area (Å²) in [6.07, 6.45) is 3.87. The maximum atomic E-state index is 12.9. The van der Waals surface area contributed by atoms with Crippen molar-refractivity contribution < 1.29 is 19.0 Å². The van der Waals surface area contributed by atoms with Gasteiger partial charge in [0.1, 0.15) is 18.3 Å². The van der Waals surface area contributed by atoms with Gasteiger partial charge in [0.15, 0.2) is 17.7 Å². The number of fused-ring (bicyclic) bond motifs is 2. The predicted octanol–water partition coefficient (Wildman–Crippen LogP) is 1.14. The van der Waals surface area contributed by atoms with Crippen LogP contribution in [0.5, 0.6) is 0 Å². The molecular formula is C27H42N8O4. The molecule has 9 N–H and O–H groups in total. The molecule has 39 heavy (non-hydrogen) atoms. The molecule has 0 aliphatic carbocycles. The summed E-state index contributed by atoms with van der Waals surface area (Å²) in [5.74, 6) is -0.825. The maximum absolute atomic E-state index is 12.9. The lowest BCUT2D eigenvalue weighted by Crippen LogP contribution is -2.45. The molecule has 214 valence electrons. The minimum absolute atomic E-state index is 0.0315. The Labute approximate surface area is 229 Å². The molecule has 0 radical (unpaired) electrons. The molecule has 1 amide bonds. The van der Waals surface area contributed by atoms with Crippen LogP contribution in [-0.2, 0) is 25.4 Å². The van der Waals surface area contributed by atoms with Gasteiger partial charge in [-0.25, -0.2) is 0 Å². The summed E-state index contributed by atoms with van der Waals surface area (Å²) in [6.45, 7) is 5.79.